The topological polar surface area (TPSA) is 75.7 Å². The number of halogens is 1. The minimum Gasteiger partial charge on any atom is -0.487 e. The molecule has 0 aliphatic carbocycles. The number of benzene rings is 2. The molecule has 6 nitrogen and oxygen atoms in total. The molecule has 1 fully saturated rings. The van der Waals surface area contributed by atoms with Gasteiger partial charge in [-0.05, 0) is 63.9 Å². The van der Waals surface area contributed by atoms with E-state index in [1.807, 2.05) is 39.0 Å². The van der Waals surface area contributed by atoms with E-state index < -0.39 is 21.5 Å². The molecule has 0 unspecified atom stereocenters. The second-order valence-electron chi connectivity index (χ2n) is 9.32. The molecule has 2 aliphatic heterocycles. The summed E-state index contributed by atoms with van der Waals surface area (Å²) < 4.78 is 33.7. The van der Waals surface area contributed by atoms with Crippen molar-refractivity contribution in [3.05, 3.63) is 58.6 Å². The summed E-state index contributed by atoms with van der Waals surface area (Å²) in [5, 5.41) is 3.67. The average molecular weight is 477 g/mol. The van der Waals surface area contributed by atoms with Gasteiger partial charge >= 0.3 is 0 Å². The molecule has 32 heavy (non-hydrogen) atoms. The van der Waals surface area contributed by atoms with Crippen molar-refractivity contribution in [1.82, 2.24) is 9.62 Å². The Labute approximate surface area is 195 Å². The van der Waals surface area contributed by atoms with Gasteiger partial charge in [0.1, 0.15) is 11.4 Å². The van der Waals surface area contributed by atoms with Gasteiger partial charge < -0.3 is 10.1 Å². The second kappa shape index (κ2) is 8.69. The Morgan fingerprint density at radius 1 is 1.19 bits per heavy atom. The number of aryl methyl sites for hydroxylation is 1. The van der Waals surface area contributed by atoms with E-state index in [9.17, 15) is 13.2 Å². The summed E-state index contributed by atoms with van der Waals surface area (Å²) in [6.45, 7) is 6.61. The van der Waals surface area contributed by atoms with Crippen LogP contribution in [0.15, 0.2) is 47.4 Å². The lowest BCUT2D eigenvalue weighted by atomic mass is 9.88. The number of sulfonamides is 1. The van der Waals surface area contributed by atoms with Gasteiger partial charge in [-0.3, -0.25) is 4.79 Å². The maximum Gasteiger partial charge on any atom is 0.243 e. The number of fused-ring (bicyclic) bond motifs is 1. The number of hydrogen-bond acceptors (Lipinski definition) is 4. The van der Waals surface area contributed by atoms with Gasteiger partial charge in [0.25, 0.3) is 0 Å². The number of carbonyl (C=O) groups excluding carboxylic acids is 1. The molecule has 1 saturated heterocycles. The van der Waals surface area contributed by atoms with Crippen molar-refractivity contribution in [3.63, 3.8) is 0 Å². The highest BCUT2D eigenvalue weighted by Crippen LogP contribution is 2.40. The van der Waals surface area contributed by atoms with Crippen molar-refractivity contribution in [2.45, 2.75) is 56.6 Å². The summed E-state index contributed by atoms with van der Waals surface area (Å²) in [6.07, 6.45) is 1.94. The lowest BCUT2D eigenvalue weighted by Gasteiger charge is -2.39. The highest BCUT2D eigenvalue weighted by molar-refractivity contribution is 7.89. The van der Waals surface area contributed by atoms with Crippen LogP contribution in [-0.4, -0.2) is 37.3 Å². The third-order valence-corrected chi connectivity index (χ3v) is 8.28. The molecule has 0 spiro atoms. The molecule has 2 aliphatic rings. The summed E-state index contributed by atoms with van der Waals surface area (Å²) in [6, 6.07) is 12.0. The number of nitrogens with zero attached hydrogens (tertiary/aromatic N) is 1. The summed E-state index contributed by atoms with van der Waals surface area (Å²) in [5.41, 5.74) is 1.67. The number of rotatable bonds is 4. The first-order valence-corrected chi connectivity index (χ1v) is 12.7. The number of carbonyl (C=O) groups is 1. The Bertz CT molecular complexity index is 1120. The van der Waals surface area contributed by atoms with Crippen LogP contribution in [0.1, 0.15) is 50.3 Å². The zero-order valence-corrected chi connectivity index (χ0v) is 20.2. The standard InChI is InChI=1S/C24H29ClN2O4S/c1-16-6-11-22-20(13-16)21(14-24(2,3)31-22)26-23(28)17-5-4-12-27(15-17)32(29,30)19-9-7-18(25)8-10-19/h6-11,13,17,21H,4-5,12,14-15H2,1-3H3,(H,26,28)/t17-,21+/m1/s1. The Hall–Kier alpha value is -2.09. The fourth-order valence-electron chi connectivity index (χ4n) is 4.52. The van der Waals surface area contributed by atoms with Gasteiger partial charge in [-0.25, -0.2) is 8.42 Å². The quantitative estimate of drug-likeness (QED) is 0.706. The molecule has 1 amide bonds. The van der Waals surface area contributed by atoms with Crippen molar-refractivity contribution in [1.29, 1.82) is 0 Å². The lowest BCUT2D eigenvalue weighted by Crippen LogP contribution is -2.48. The largest absolute Gasteiger partial charge is 0.487 e. The molecule has 0 bridgehead atoms. The van der Waals surface area contributed by atoms with Crippen LogP contribution >= 0.6 is 11.6 Å². The monoisotopic (exact) mass is 476 g/mol. The molecule has 0 radical (unpaired) electrons. The molecule has 0 saturated carbocycles. The van der Waals surface area contributed by atoms with E-state index in [4.69, 9.17) is 16.3 Å². The van der Waals surface area contributed by atoms with Gasteiger partial charge in [-0.1, -0.05) is 29.3 Å². The van der Waals surface area contributed by atoms with E-state index in [1.165, 1.54) is 16.4 Å². The van der Waals surface area contributed by atoms with Crippen LogP contribution in [0.3, 0.4) is 0 Å². The normalized spacial score (nSPS) is 23.1. The van der Waals surface area contributed by atoms with Crippen LogP contribution < -0.4 is 10.1 Å². The van der Waals surface area contributed by atoms with Gasteiger partial charge in [-0.15, -0.1) is 0 Å². The van der Waals surface area contributed by atoms with Crippen LogP contribution in [0.5, 0.6) is 5.75 Å². The van der Waals surface area contributed by atoms with Crippen LogP contribution in [-0.2, 0) is 14.8 Å². The van der Waals surface area contributed by atoms with Crippen LogP contribution in [0.25, 0.3) is 0 Å². The fourth-order valence-corrected chi connectivity index (χ4v) is 6.17. The predicted octanol–water partition coefficient (Wildman–Crippen LogP) is 4.47. The van der Waals surface area contributed by atoms with E-state index in [1.54, 1.807) is 12.1 Å². The van der Waals surface area contributed by atoms with E-state index in [-0.39, 0.29) is 23.4 Å². The van der Waals surface area contributed by atoms with E-state index in [0.29, 0.717) is 30.8 Å². The number of nitrogens with one attached hydrogen (secondary N) is 1. The van der Waals surface area contributed by atoms with Crippen molar-refractivity contribution in [2.24, 2.45) is 5.92 Å². The minimum atomic E-state index is -3.68. The highest BCUT2D eigenvalue weighted by atomic mass is 35.5. The Balaban J connectivity index is 1.51. The summed E-state index contributed by atoms with van der Waals surface area (Å²) in [4.78, 5) is 13.4. The van der Waals surface area contributed by atoms with Gasteiger partial charge in [0, 0.05) is 30.1 Å². The van der Waals surface area contributed by atoms with E-state index in [0.717, 1.165) is 16.9 Å². The first-order valence-electron chi connectivity index (χ1n) is 10.9. The summed E-state index contributed by atoms with van der Waals surface area (Å²) in [7, 11) is -3.68. The molecule has 8 heteroatoms. The van der Waals surface area contributed by atoms with Crippen LogP contribution in [0, 0.1) is 12.8 Å². The van der Waals surface area contributed by atoms with Gasteiger partial charge in [0.05, 0.1) is 16.9 Å². The fraction of sp³-hybridized carbons (Fsp3) is 0.458. The lowest BCUT2D eigenvalue weighted by molar-refractivity contribution is -0.127. The molecule has 4 rings (SSSR count). The summed E-state index contributed by atoms with van der Waals surface area (Å²) in [5.74, 6) is 0.272. The van der Waals surface area contributed by atoms with E-state index in [2.05, 4.69) is 5.32 Å². The molecular formula is C24H29ClN2O4S. The Kier molecular flexibility index (Phi) is 6.27. The maximum atomic E-state index is 13.2. The zero-order chi connectivity index (χ0) is 23.1. The van der Waals surface area contributed by atoms with Crippen molar-refractivity contribution in [2.75, 3.05) is 13.1 Å². The van der Waals surface area contributed by atoms with Crippen LogP contribution in [0.4, 0.5) is 0 Å². The Morgan fingerprint density at radius 3 is 2.62 bits per heavy atom. The predicted molar refractivity (Wildman–Crippen MR) is 124 cm³/mol. The number of piperidine rings is 1. The third-order valence-electron chi connectivity index (χ3n) is 6.15. The molecule has 2 heterocycles. The maximum absolute atomic E-state index is 13.2. The van der Waals surface area contributed by atoms with Gasteiger partial charge in [0.2, 0.25) is 15.9 Å². The third kappa shape index (κ3) is 4.80. The van der Waals surface area contributed by atoms with Crippen LogP contribution in [0.2, 0.25) is 5.02 Å². The number of hydrogen-bond donors (Lipinski definition) is 1. The molecule has 2 aromatic carbocycles. The number of ether oxygens (including phenoxy) is 1. The SMILES string of the molecule is Cc1ccc2c(c1)[C@@H](NC(=O)[C@@H]1CCCN(S(=O)(=O)c3ccc(Cl)cc3)C1)CC(C)(C)O2. The highest BCUT2D eigenvalue weighted by Gasteiger charge is 2.38. The first-order chi connectivity index (χ1) is 15.0. The Morgan fingerprint density at radius 2 is 1.91 bits per heavy atom. The molecule has 0 aromatic heterocycles. The molecular weight excluding hydrogens is 448 g/mol. The summed E-state index contributed by atoms with van der Waals surface area (Å²) >= 11 is 5.90. The van der Waals surface area contributed by atoms with Crippen molar-refractivity contribution in [3.8, 4) is 5.75 Å². The molecule has 2 aromatic rings. The first kappa shape index (κ1) is 23.1. The van der Waals surface area contributed by atoms with Crippen molar-refractivity contribution < 1.29 is 17.9 Å². The van der Waals surface area contributed by atoms with Gasteiger partial charge in [-0.2, -0.15) is 4.31 Å². The molecule has 2 atom stereocenters. The number of amides is 1. The van der Waals surface area contributed by atoms with Gasteiger partial charge in [0.15, 0.2) is 0 Å². The average Bonchev–Trinajstić information content (AvgIpc) is 2.74. The molecule has 172 valence electrons. The smallest absolute Gasteiger partial charge is 0.243 e. The minimum absolute atomic E-state index is 0.115. The molecule has 1 N–H and O–H groups in total. The van der Waals surface area contributed by atoms with E-state index >= 15 is 0 Å². The van der Waals surface area contributed by atoms with Crippen molar-refractivity contribution >= 4 is 27.5 Å². The zero-order valence-electron chi connectivity index (χ0n) is 18.6. The second-order valence-corrected chi connectivity index (χ2v) is 11.7.